The SMILES string of the molecule is Cc1noc(C)c1-c1cc2nccc(Nc3ccc4scnc4c3)c2cc1P(C)(C)=O. The monoisotopic (exact) mass is 448 g/mol. The standard InChI is InChI=1S/C23H21N4O2PS/c1-13-23(14(2)29-27-13)17-10-19-16(11-21(17)30(3,4)28)18(7-8-24-19)26-15-5-6-22-20(9-15)25-12-31-22/h5-12H,1-4H3,(H,24,26). The topological polar surface area (TPSA) is 80.9 Å². The highest BCUT2D eigenvalue weighted by molar-refractivity contribution is 7.70. The number of aryl methyl sites for hydroxylation is 2. The lowest BCUT2D eigenvalue weighted by Gasteiger charge is -2.17. The maximum Gasteiger partial charge on any atom is 0.141 e. The highest BCUT2D eigenvalue weighted by Gasteiger charge is 2.23. The van der Waals surface area contributed by atoms with Crippen molar-refractivity contribution in [2.24, 2.45) is 0 Å². The predicted molar refractivity (Wildman–Crippen MR) is 129 cm³/mol. The summed E-state index contributed by atoms with van der Waals surface area (Å²) in [5, 5.41) is 9.28. The second-order valence-electron chi connectivity index (χ2n) is 7.95. The lowest BCUT2D eigenvalue weighted by atomic mass is 10.0. The third kappa shape index (κ3) is 3.54. The Hall–Kier alpha value is -3.02. The molecule has 31 heavy (non-hydrogen) atoms. The molecule has 0 unspecified atom stereocenters. The number of aromatic nitrogens is 3. The molecule has 0 atom stereocenters. The van der Waals surface area contributed by atoms with Gasteiger partial charge in [0.2, 0.25) is 0 Å². The summed E-state index contributed by atoms with van der Waals surface area (Å²) in [6.07, 6.45) is 1.78. The smallest absolute Gasteiger partial charge is 0.141 e. The molecule has 0 radical (unpaired) electrons. The van der Waals surface area contributed by atoms with E-state index in [1.165, 1.54) is 0 Å². The number of fused-ring (bicyclic) bond motifs is 2. The summed E-state index contributed by atoms with van der Waals surface area (Å²) in [6, 6.07) is 12.0. The molecule has 0 saturated heterocycles. The first-order valence-corrected chi connectivity index (χ1v) is 13.3. The van der Waals surface area contributed by atoms with Gasteiger partial charge in [-0.25, -0.2) is 4.98 Å². The number of anilines is 2. The summed E-state index contributed by atoms with van der Waals surface area (Å²) in [7, 11) is -2.60. The Morgan fingerprint density at radius 3 is 2.61 bits per heavy atom. The summed E-state index contributed by atoms with van der Waals surface area (Å²) >= 11 is 1.62. The quantitative estimate of drug-likeness (QED) is 0.334. The summed E-state index contributed by atoms with van der Waals surface area (Å²) in [5.41, 5.74) is 7.99. The molecule has 6 nitrogen and oxygen atoms in total. The van der Waals surface area contributed by atoms with Crippen molar-refractivity contribution in [3.63, 3.8) is 0 Å². The van der Waals surface area contributed by atoms with Gasteiger partial charge in [-0.1, -0.05) is 5.16 Å². The van der Waals surface area contributed by atoms with Gasteiger partial charge in [-0.2, -0.15) is 0 Å². The molecule has 0 aliphatic carbocycles. The van der Waals surface area contributed by atoms with Crippen LogP contribution in [0.25, 0.3) is 32.2 Å². The third-order valence-electron chi connectivity index (χ3n) is 5.35. The van der Waals surface area contributed by atoms with E-state index >= 15 is 0 Å². The van der Waals surface area contributed by atoms with E-state index in [0.29, 0.717) is 5.76 Å². The van der Waals surface area contributed by atoms with Crippen molar-refractivity contribution >= 4 is 56.3 Å². The molecule has 0 amide bonds. The zero-order chi connectivity index (χ0) is 21.8. The van der Waals surface area contributed by atoms with Crippen molar-refractivity contribution in [1.29, 1.82) is 0 Å². The van der Waals surface area contributed by atoms with Gasteiger partial charge in [-0.3, -0.25) is 4.98 Å². The van der Waals surface area contributed by atoms with Crippen molar-refractivity contribution < 1.29 is 9.09 Å². The van der Waals surface area contributed by atoms with Crippen LogP contribution in [0.3, 0.4) is 0 Å². The Morgan fingerprint density at radius 1 is 1.03 bits per heavy atom. The van der Waals surface area contributed by atoms with Crippen molar-refractivity contribution in [3.05, 3.63) is 59.6 Å². The molecule has 2 aromatic carbocycles. The fourth-order valence-electron chi connectivity index (χ4n) is 3.89. The van der Waals surface area contributed by atoms with E-state index in [1.807, 2.05) is 49.7 Å². The highest BCUT2D eigenvalue weighted by Crippen LogP contribution is 2.42. The minimum absolute atomic E-state index is 0.706. The Kier molecular flexibility index (Phi) is 4.68. The van der Waals surface area contributed by atoms with Crippen LogP contribution in [0.15, 0.2) is 52.6 Å². The maximum atomic E-state index is 13.3. The molecule has 0 saturated carbocycles. The number of benzene rings is 2. The van der Waals surface area contributed by atoms with Crippen LogP contribution >= 0.6 is 18.5 Å². The van der Waals surface area contributed by atoms with Gasteiger partial charge >= 0.3 is 0 Å². The molecule has 0 bridgehead atoms. The molecular weight excluding hydrogens is 427 g/mol. The van der Waals surface area contributed by atoms with Gasteiger partial charge in [-0.05, 0) is 69.1 Å². The fraction of sp³-hybridized carbons (Fsp3) is 0.174. The van der Waals surface area contributed by atoms with Crippen molar-refractivity contribution in [2.45, 2.75) is 13.8 Å². The van der Waals surface area contributed by atoms with E-state index in [9.17, 15) is 4.57 Å². The number of nitrogens with one attached hydrogen (secondary N) is 1. The van der Waals surface area contributed by atoms with Crippen LogP contribution in [-0.2, 0) is 4.57 Å². The van der Waals surface area contributed by atoms with Gasteiger partial charge in [0.1, 0.15) is 12.9 Å². The number of pyridine rings is 1. The number of nitrogens with zero attached hydrogens (tertiary/aromatic N) is 3. The first-order chi connectivity index (χ1) is 14.8. The number of rotatable bonds is 4. The zero-order valence-electron chi connectivity index (χ0n) is 17.6. The van der Waals surface area contributed by atoms with Gasteiger partial charge in [0, 0.05) is 33.8 Å². The van der Waals surface area contributed by atoms with Crippen LogP contribution in [-0.4, -0.2) is 28.5 Å². The first kappa shape index (κ1) is 19.9. The molecule has 0 spiro atoms. The summed E-state index contributed by atoms with van der Waals surface area (Å²) < 4.78 is 19.8. The van der Waals surface area contributed by atoms with Crippen molar-refractivity contribution in [2.75, 3.05) is 18.6 Å². The van der Waals surface area contributed by atoms with Crippen molar-refractivity contribution in [1.82, 2.24) is 15.1 Å². The molecule has 3 aromatic heterocycles. The molecule has 3 heterocycles. The summed E-state index contributed by atoms with van der Waals surface area (Å²) in [5.74, 6) is 0.706. The average Bonchev–Trinajstić information content (AvgIpc) is 3.32. The molecular formula is C23H21N4O2PS. The Balaban J connectivity index is 1.70. The highest BCUT2D eigenvalue weighted by atomic mass is 32.1. The second kappa shape index (κ2) is 7.29. The van der Waals surface area contributed by atoms with Gasteiger partial charge in [0.25, 0.3) is 0 Å². The lowest BCUT2D eigenvalue weighted by Crippen LogP contribution is -2.09. The van der Waals surface area contributed by atoms with Crippen LogP contribution in [0, 0.1) is 13.8 Å². The molecule has 5 rings (SSSR count). The average molecular weight is 448 g/mol. The van der Waals surface area contributed by atoms with Gasteiger partial charge in [0.05, 0.1) is 26.9 Å². The Bertz CT molecular complexity index is 1480. The van der Waals surface area contributed by atoms with Crippen LogP contribution < -0.4 is 10.6 Å². The van der Waals surface area contributed by atoms with Crippen molar-refractivity contribution in [3.8, 4) is 11.1 Å². The summed E-state index contributed by atoms with van der Waals surface area (Å²) in [4.78, 5) is 8.99. The summed E-state index contributed by atoms with van der Waals surface area (Å²) in [6.45, 7) is 7.35. The zero-order valence-corrected chi connectivity index (χ0v) is 19.3. The minimum Gasteiger partial charge on any atom is -0.361 e. The molecule has 0 aliphatic rings. The molecule has 156 valence electrons. The molecule has 0 aliphatic heterocycles. The number of thiazole rings is 1. The number of hydrogen-bond donors (Lipinski definition) is 1. The van der Waals surface area contributed by atoms with Crippen LogP contribution in [0.1, 0.15) is 11.5 Å². The van der Waals surface area contributed by atoms with Gasteiger partial charge < -0.3 is 14.4 Å². The molecule has 5 aromatic rings. The minimum atomic E-state index is -2.60. The Labute approximate surface area is 183 Å². The van der Waals surface area contributed by atoms with E-state index in [1.54, 1.807) is 30.9 Å². The normalized spacial score (nSPS) is 12.0. The van der Waals surface area contributed by atoms with Gasteiger partial charge in [-0.15, -0.1) is 11.3 Å². The maximum absolute atomic E-state index is 13.3. The lowest BCUT2D eigenvalue weighted by molar-refractivity contribution is 0.393. The first-order valence-electron chi connectivity index (χ1n) is 9.83. The van der Waals surface area contributed by atoms with Crippen LogP contribution in [0.5, 0.6) is 0 Å². The largest absolute Gasteiger partial charge is 0.361 e. The number of hydrogen-bond acceptors (Lipinski definition) is 7. The van der Waals surface area contributed by atoms with Crippen LogP contribution in [0.4, 0.5) is 11.4 Å². The third-order valence-corrected chi connectivity index (χ3v) is 7.69. The van der Waals surface area contributed by atoms with Gasteiger partial charge in [0.15, 0.2) is 0 Å². The fourth-order valence-corrected chi connectivity index (χ4v) is 5.75. The van der Waals surface area contributed by atoms with E-state index in [2.05, 4.69) is 26.5 Å². The molecule has 0 fully saturated rings. The van der Waals surface area contributed by atoms with E-state index < -0.39 is 7.14 Å². The Morgan fingerprint density at radius 2 is 1.87 bits per heavy atom. The van der Waals surface area contributed by atoms with E-state index in [4.69, 9.17) is 4.52 Å². The molecule has 1 N–H and O–H groups in total. The molecule has 8 heteroatoms. The van der Waals surface area contributed by atoms with E-state index in [-0.39, 0.29) is 0 Å². The second-order valence-corrected chi connectivity index (χ2v) is 12.0. The van der Waals surface area contributed by atoms with Crippen LogP contribution in [0.2, 0.25) is 0 Å². The predicted octanol–water partition coefficient (Wildman–Crippen LogP) is 6.11. The van der Waals surface area contributed by atoms with E-state index in [0.717, 1.165) is 54.6 Å².